The molecule has 0 spiro atoms. The van der Waals surface area contributed by atoms with Crippen molar-refractivity contribution in [1.29, 1.82) is 0 Å². The molecule has 1 fully saturated rings. The summed E-state index contributed by atoms with van der Waals surface area (Å²) in [5.41, 5.74) is 1.45. The van der Waals surface area contributed by atoms with E-state index in [0.29, 0.717) is 17.9 Å². The Morgan fingerprint density at radius 2 is 2.15 bits per heavy atom. The molecular weight excluding hydrogens is 439 g/mol. The van der Waals surface area contributed by atoms with E-state index in [4.69, 9.17) is 4.99 Å². The molecule has 1 aromatic heterocycles. The van der Waals surface area contributed by atoms with Crippen molar-refractivity contribution in [3.8, 4) is 0 Å². The summed E-state index contributed by atoms with van der Waals surface area (Å²) in [6, 6.07) is 11.2. The molecule has 1 aliphatic heterocycles. The smallest absolute Gasteiger partial charge is 0.191 e. The predicted molar refractivity (Wildman–Crippen MR) is 114 cm³/mol. The average Bonchev–Trinajstić information content (AvgIpc) is 3.28. The fourth-order valence-electron chi connectivity index (χ4n) is 3.64. The van der Waals surface area contributed by atoms with Crippen LogP contribution in [0, 0.1) is 5.92 Å². The summed E-state index contributed by atoms with van der Waals surface area (Å²) in [5, 5.41) is 11.2. The molecule has 2 aliphatic rings. The maximum absolute atomic E-state index is 4.84. The van der Waals surface area contributed by atoms with Crippen LogP contribution in [-0.2, 0) is 13.0 Å². The molecule has 2 N–H and O–H groups in total. The van der Waals surface area contributed by atoms with Gasteiger partial charge >= 0.3 is 0 Å². The van der Waals surface area contributed by atoms with Crippen LogP contribution >= 0.6 is 24.0 Å². The lowest BCUT2D eigenvalue weighted by molar-refractivity contribution is 0.392. The maximum atomic E-state index is 4.84. The lowest BCUT2D eigenvalue weighted by atomic mass is 10.1. The maximum Gasteiger partial charge on any atom is 0.191 e. The minimum absolute atomic E-state index is 0. The van der Waals surface area contributed by atoms with Gasteiger partial charge in [0.25, 0.3) is 0 Å². The van der Waals surface area contributed by atoms with Crippen molar-refractivity contribution in [2.75, 3.05) is 13.1 Å². The van der Waals surface area contributed by atoms with Gasteiger partial charge in [-0.05, 0) is 37.2 Å². The summed E-state index contributed by atoms with van der Waals surface area (Å²) in [6.45, 7) is 4.73. The van der Waals surface area contributed by atoms with Crippen molar-refractivity contribution in [2.45, 2.75) is 44.7 Å². The molecule has 1 aliphatic carbocycles. The summed E-state index contributed by atoms with van der Waals surface area (Å²) in [5.74, 6) is 3.37. The van der Waals surface area contributed by atoms with Crippen molar-refractivity contribution >= 4 is 29.9 Å². The van der Waals surface area contributed by atoms with Gasteiger partial charge in [-0.2, -0.15) is 5.10 Å². The number of nitrogens with zero attached hydrogens (tertiary/aromatic N) is 4. The van der Waals surface area contributed by atoms with Gasteiger partial charge in [0.2, 0.25) is 0 Å². The highest BCUT2D eigenvalue weighted by molar-refractivity contribution is 14.0. The van der Waals surface area contributed by atoms with Gasteiger partial charge in [0.15, 0.2) is 5.96 Å². The fraction of sp³-hybridized carbons (Fsp3) is 0.526. The first-order valence-corrected chi connectivity index (χ1v) is 9.30. The van der Waals surface area contributed by atoms with Crippen LogP contribution < -0.4 is 10.6 Å². The highest BCUT2D eigenvalue weighted by Gasteiger charge is 2.37. The van der Waals surface area contributed by atoms with Crippen molar-refractivity contribution in [2.24, 2.45) is 10.9 Å². The number of benzene rings is 1. The van der Waals surface area contributed by atoms with Gasteiger partial charge < -0.3 is 10.6 Å². The first-order valence-electron chi connectivity index (χ1n) is 9.30. The standard InChI is InChI=1S/C19H26N6.HI/c1-2-20-19(24-16-8-9-18-22-13-23-25(18)12-16)21-11-15-10-17(15)14-6-4-3-5-7-14;/h3-7,13,15-17H,2,8-12H2,1H3,(H2,20,21,24);1H. The zero-order valence-corrected chi connectivity index (χ0v) is 17.5. The predicted octanol–water partition coefficient (Wildman–Crippen LogP) is 2.57. The fourth-order valence-corrected chi connectivity index (χ4v) is 3.64. The van der Waals surface area contributed by atoms with Gasteiger partial charge in [-0.25, -0.2) is 9.67 Å². The Hall–Kier alpha value is -1.64. The number of hydrogen-bond donors (Lipinski definition) is 2. The summed E-state index contributed by atoms with van der Waals surface area (Å²) < 4.78 is 2.00. The number of fused-ring (bicyclic) bond motifs is 1. The first-order chi connectivity index (χ1) is 12.3. The number of aryl methyl sites for hydroxylation is 1. The minimum atomic E-state index is 0. The van der Waals surface area contributed by atoms with Crippen LogP contribution in [0.3, 0.4) is 0 Å². The first kappa shape index (κ1) is 19.1. The van der Waals surface area contributed by atoms with Gasteiger partial charge in [0.1, 0.15) is 12.2 Å². The summed E-state index contributed by atoms with van der Waals surface area (Å²) in [4.78, 5) is 9.13. The molecule has 140 valence electrons. The van der Waals surface area contributed by atoms with Crippen molar-refractivity contribution < 1.29 is 0 Å². The molecule has 1 aromatic carbocycles. The Kier molecular flexibility index (Phi) is 6.50. The molecule has 1 saturated carbocycles. The van der Waals surface area contributed by atoms with E-state index >= 15 is 0 Å². The van der Waals surface area contributed by atoms with Crippen LogP contribution in [0.1, 0.15) is 37.1 Å². The van der Waals surface area contributed by atoms with E-state index in [1.54, 1.807) is 6.33 Å². The molecule has 4 rings (SSSR count). The molecule has 0 saturated heterocycles. The van der Waals surface area contributed by atoms with E-state index in [1.807, 2.05) is 4.68 Å². The molecule has 6 nitrogen and oxygen atoms in total. The molecule has 0 amide bonds. The van der Waals surface area contributed by atoms with Gasteiger partial charge in [-0.1, -0.05) is 30.3 Å². The van der Waals surface area contributed by atoms with Crippen LogP contribution in [0.15, 0.2) is 41.7 Å². The number of aromatic nitrogens is 3. The van der Waals surface area contributed by atoms with Gasteiger partial charge in [-0.3, -0.25) is 4.99 Å². The third-order valence-corrected chi connectivity index (χ3v) is 5.12. The lowest BCUT2D eigenvalue weighted by Gasteiger charge is -2.25. The highest BCUT2D eigenvalue weighted by Crippen LogP contribution is 2.47. The lowest BCUT2D eigenvalue weighted by Crippen LogP contribution is -2.47. The summed E-state index contributed by atoms with van der Waals surface area (Å²) in [7, 11) is 0. The molecule has 3 unspecified atom stereocenters. The number of rotatable bonds is 5. The van der Waals surface area contributed by atoms with Crippen molar-refractivity contribution in [1.82, 2.24) is 25.4 Å². The van der Waals surface area contributed by atoms with E-state index in [1.165, 1.54) is 12.0 Å². The monoisotopic (exact) mass is 466 g/mol. The second kappa shape index (κ2) is 8.83. The SMILES string of the molecule is CCNC(=NCC1CC1c1ccccc1)NC1CCc2ncnn2C1.I. The average molecular weight is 466 g/mol. The molecular formula is C19H27IN6. The van der Waals surface area contributed by atoms with E-state index in [0.717, 1.165) is 44.3 Å². The molecule has 2 heterocycles. The third-order valence-electron chi connectivity index (χ3n) is 5.12. The van der Waals surface area contributed by atoms with E-state index < -0.39 is 0 Å². The Bertz CT molecular complexity index is 729. The number of aliphatic imine (C=N–C) groups is 1. The van der Waals surface area contributed by atoms with Crippen LogP contribution in [0.5, 0.6) is 0 Å². The Morgan fingerprint density at radius 3 is 2.96 bits per heavy atom. The number of nitrogens with one attached hydrogen (secondary N) is 2. The van der Waals surface area contributed by atoms with Crippen LogP contribution in [-0.4, -0.2) is 39.9 Å². The zero-order chi connectivity index (χ0) is 17.1. The van der Waals surface area contributed by atoms with E-state index in [9.17, 15) is 0 Å². The molecule has 0 bridgehead atoms. The normalized spacial score (nSPS) is 24.3. The number of hydrogen-bond acceptors (Lipinski definition) is 3. The van der Waals surface area contributed by atoms with Crippen molar-refractivity contribution in [3.05, 3.63) is 48.0 Å². The van der Waals surface area contributed by atoms with Gasteiger partial charge in [-0.15, -0.1) is 24.0 Å². The Morgan fingerprint density at radius 1 is 1.31 bits per heavy atom. The highest BCUT2D eigenvalue weighted by atomic mass is 127. The largest absolute Gasteiger partial charge is 0.357 e. The quantitative estimate of drug-likeness (QED) is 0.404. The molecule has 0 radical (unpaired) electrons. The zero-order valence-electron chi connectivity index (χ0n) is 15.1. The Balaban J connectivity index is 0.00000196. The van der Waals surface area contributed by atoms with Crippen LogP contribution in [0.2, 0.25) is 0 Å². The van der Waals surface area contributed by atoms with Gasteiger partial charge in [0, 0.05) is 25.6 Å². The van der Waals surface area contributed by atoms with Crippen molar-refractivity contribution in [3.63, 3.8) is 0 Å². The molecule has 7 heteroatoms. The second-order valence-electron chi connectivity index (χ2n) is 6.97. The number of guanidine groups is 1. The second-order valence-corrected chi connectivity index (χ2v) is 6.97. The number of halogens is 1. The Labute approximate surface area is 171 Å². The van der Waals surface area contributed by atoms with Gasteiger partial charge in [0.05, 0.1) is 6.54 Å². The third kappa shape index (κ3) is 4.55. The summed E-state index contributed by atoms with van der Waals surface area (Å²) in [6.07, 6.45) is 4.93. The topological polar surface area (TPSA) is 67.1 Å². The minimum Gasteiger partial charge on any atom is -0.357 e. The van der Waals surface area contributed by atoms with E-state index in [2.05, 4.69) is 58.0 Å². The van der Waals surface area contributed by atoms with Crippen LogP contribution in [0.4, 0.5) is 0 Å². The summed E-state index contributed by atoms with van der Waals surface area (Å²) >= 11 is 0. The molecule has 3 atom stereocenters. The molecule has 26 heavy (non-hydrogen) atoms. The van der Waals surface area contributed by atoms with E-state index in [-0.39, 0.29) is 24.0 Å². The molecule has 2 aromatic rings. The van der Waals surface area contributed by atoms with Crippen LogP contribution in [0.25, 0.3) is 0 Å².